The van der Waals surface area contributed by atoms with E-state index in [0.717, 1.165) is 16.4 Å². The number of rotatable bonds is 5. The molecule has 0 fully saturated rings. The minimum atomic E-state index is -3.76. The minimum absolute atomic E-state index is 0.0123. The number of hydrogen-bond acceptors (Lipinski definition) is 6. The molecule has 0 heterocycles. The van der Waals surface area contributed by atoms with Crippen LogP contribution >= 0.6 is 0 Å². The molecular weight excluding hydrogens is 272 g/mol. The van der Waals surface area contributed by atoms with Crippen molar-refractivity contribution >= 4 is 21.4 Å². The third kappa shape index (κ3) is 3.00. The molecule has 0 radical (unpaired) electrons. The number of nitrogen functional groups attached to an aromatic ring is 1. The van der Waals surface area contributed by atoms with E-state index in [9.17, 15) is 18.5 Å². The summed E-state index contributed by atoms with van der Waals surface area (Å²) in [6, 6.07) is 3.13. The van der Waals surface area contributed by atoms with E-state index in [2.05, 4.69) is 5.43 Å². The van der Waals surface area contributed by atoms with E-state index in [-0.39, 0.29) is 22.3 Å². The highest BCUT2D eigenvalue weighted by Gasteiger charge is 2.27. The summed E-state index contributed by atoms with van der Waals surface area (Å²) >= 11 is 0. The largest absolute Gasteiger partial charge is 0.323 e. The summed E-state index contributed by atoms with van der Waals surface area (Å²) in [5, 5.41) is 10.6. The maximum Gasteiger partial charge on any atom is 0.271 e. The molecule has 0 bridgehead atoms. The fourth-order valence-electron chi connectivity index (χ4n) is 1.40. The summed E-state index contributed by atoms with van der Waals surface area (Å²) in [5.74, 6) is 5.24. The number of hydrazine groups is 1. The van der Waals surface area contributed by atoms with E-state index in [0.29, 0.717) is 0 Å². The molecule has 8 nitrogen and oxygen atoms in total. The van der Waals surface area contributed by atoms with Gasteiger partial charge in [0.1, 0.15) is 4.90 Å². The molecule has 0 spiro atoms. The minimum Gasteiger partial charge on any atom is -0.323 e. The van der Waals surface area contributed by atoms with Gasteiger partial charge in [-0.25, -0.2) is 8.42 Å². The van der Waals surface area contributed by atoms with E-state index < -0.39 is 14.9 Å². The maximum absolute atomic E-state index is 12.3. The van der Waals surface area contributed by atoms with Gasteiger partial charge in [0.05, 0.1) is 10.6 Å². The number of anilines is 1. The standard InChI is InChI=1S/C10H16N4O4S/c1-7(2)13(3)19(17,18)10-5-4-8(14(15)16)6-9(10)12-11/h4-7,12H,11H2,1-3H3. The highest BCUT2D eigenvalue weighted by Crippen LogP contribution is 2.28. The number of sulfonamides is 1. The topological polar surface area (TPSA) is 119 Å². The first-order valence-electron chi connectivity index (χ1n) is 5.45. The van der Waals surface area contributed by atoms with Gasteiger partial charge in [0.2, 0.25) is 10.0 Å². The summed E-state index contributed by atoms with van der Waals surface area (Å²) in [6.45, 7) is 3.44. The van der Waals surface area contributed by atoms with Crippen molar-refractivity contribution in [3.63, 3.8) is 0 Å². The van der Waals surface area contributed by atoms with Gasteiger partial charge in [0.25, 0.3) is 5.69 Å². The normalized spacial score (nSPS) is 11.9. The molecule has 0 unspecified atom stereocenters. The molecule has 19 heavy (non-hydrogen) atoms. The molecule has 0 aromatic heterocycles. The van der Waals surface area contributed by atoms with Crippen molar-refractivity contribution in [3.8, 4) is 0 Å². The summed E-state index contributed by atoms with van der Waals surface area (Å²) in [4.78, 5) is 9.93. The van der Waals surface area contributed by atoms with Crippen LogP contribution in [0.25, 0.3) is 0 Å². The van der Waals surface area contributed by atoms with Crippen LogP contribution in [0, 0.1) is 10.1 Å². The van der Waals surface area contributed by atoms with Crippen molar-refractivity contribution in [2.24, 2.45) is 5.84 Å². The van der Waals surface area contributed by atoms with Gasteiger partial charge in [0.15, 0.2) is 0 Å². The van der Waals surface area contributed by atoms with E-state index in [4.69, 9.17) is 5.84 Å². The van der Waals surface area contributed by atoms with Crippen molar-refractivity contribution in [2.75, 3.05) is 12.5 Å². The third-order valence-corrected chi connectivity index (χ3v) is 4.81. The predicted molar refractivity (Wildman–Crippen MR) is 71.0 cm³/mol. The number of nitro groups is 1. The number of non-ortho nitro benzene ring substituents is 1. The molecule has 1 aromatic carbocycles. The highest BCUT2D eigenvalue weighted by atomic mass is 32.2. The third-order valence-electron chi connectivity index (χ3n) is 2.71. The van der Waals surface area contributed by atoms with Gasteiger partial charge in [-0.1, -0.05) is 0 Å². The number of nitrogens with one attached hydrogen (secondary N) is 1. The average Bonchev–Trinajstić information content (AvgIpc) is 2.36. The molecule has 106 valence electrons. The Labute approximate surface area is 111 Å². The Balaban J connectivity index is 3.39. The monoisotopic (exact) mass is 288 g/mol. The van der Waals surface area contributed by atoms with Crippen LogP contribution in [0.2, 0.25) is 0 Å². The molecule has 0 saturated heterocycles. The molecule has 0 aliphatic heterocycles. The molecule has 3 N–H and O–H groups in total. The lowest BCUT2D eigenvalue weighted by molar-refractivity contribution is -0.384. The van der Waals surface area contributed by atoms with Gasteiger partial charge in [-0.2, -0.15) is 4.31 Å². The quantitative estimate of drug-likeness (QED) is 0.472. The van der Waals surface area contributed by atoms with Gasteiger partial charge < -0.3 is 5.43 Å². The average molecular weight is 288 g/mol. The van der Waals surface area contributed by atoms with Crippen molar-refractivity contribution in [1.82, 2.24) is 4.31 Å². The second kappa shape index (κ2) is 5.51. The zero-order valence-corrected chi connectivity index (χ0v) is 11.6. The summed E-state index contributed by atoms with van der Waals surface area (Å²) in [7, 11) is -2.32. The number of nitro benzene ring substituents is 1. The van der Waals surface area contributed by atoms with Gasteiger partial charge in [-0.3, -0.25) is 16.0 Å². The van der Waals surface area contributed by atoms with E-state index in [1.54, 1.807) is 13.8 Å². The van der Waals surface area contributed by atoms with Crippen molar-refractivity contribution in [1.29, 1.82) is 0 Å². The zero-order valence-electron chi connectivity index (χ0n) is 10.8. The fraction of sp³-hybridized carbons (Fsp3) is 0.400. The van der Waals surface area contributed by atoms with Gasteiger partial charge in [-0.15, -0.1) is 0 Å². The molecular formula is C10H16N4O4S. The first-order valence-corrected chi connectivity index (χ1v) is 6.89. The first kappa shape index (κ1) is 15.3. The van der Waals surface area contributed by atoms with Crippen LogP contribution in [0.15, 0.2) is 23.1 Å². The van der Waals surface area contributed by atoms with E-state index >= 15 is 0 Å². The number of hydrogen-bond donors (Lipinski definition) is 2. The lowest BCUT2D eigenvalue weighted by Gasteiger charge is -2.22. The Hall–Kier alpha value is -1.71. The van der Waals surface area contributed by atoms with Crippen molar-refractivity contribution in [3.05, 3.63) is 28.3 Å². The van der Waals surface area contributed by atoms with Gasteiger partial charge >= 0.3 is 0 Å². The van der Waals surface area contributed by atoms with Crippen LogP contribution in [0.4, 0.5) is 11.4 Å². The van der Waals surface area contributed by atoms with Crippen molar-refractivity contribution in [2.45, 2.75) is 24.8 Å². The lowest BCUT2D eigenvalue weighted by atomic mass is 10.3. The van der Waals surface area contributed by atoms with E-state index in [1.165, 1.54) is 13.1 Å². The van der Waals surface area contributed by atoms with Crippen LogP contribution in [0.3, 0.4) is 0 Å². The smallest absolute Gasteiger partial charge is 0.271 e. The SMILES string of the molecule is CC(C)N(C)S(=O)(=O)c1ccc([N+](=O)[O-])cc1NN. The Morgan fingerprint density at radius 2 is 2.00 bits per heavy atom. The summed E-state index contributed by atoms with van der Waals surface area (Å²) < 4.78 is 25.8. The maximum atomic E-state index is 12.3. The molecule has 9 heteroatoms. The van der Waals surface area contributed by atoms with E-state index in [1.807, 2.05) is 0 Å². The first-order chi connectivity index (χ1) is 8.71. The Bertz CT molecular complexity index is 585. The van der Waals surface area contributed by atoms with Crippen LogP contribution in [0.5, 0.6) is 0 Å². The van der Waals surface area contributed by atoms with Crippen LogP contribution < -0.4 is 11.3 Å². The molecule has 1 rings (SSSR count). The lowest BCUT2D eigenvalue weighted by Crippen LogP contribution is -2.33. The summed E-state index contributed by atoms with van der Waals surface area (Å²) in [6.07, 6.45) is 0. The van der Waals surface area contributed by atoms with Crippen molar-refractivity contribution < 1.29 is 13.3 Å². The molecule has 1 aromatic rings. The highest BCUT2D eigenvalue weighted by molar-refractivity contribution is 7.89. The molecule has 0 aliphatic rings. The zero-order chi connectivity index (χ0) is 14.8. The Morgan fingerprint density at radius 3 is 2.42 bits per heavy atom. The second-order valence-electron chi connectivity index (χ2n) is 4.20. The Morgan fingerprint density at radius 1 is 1.42 bits per heavy atom. The molecule has 0 amide bonds. The van der Waals surface area contributed by atoms with Crippen LogP contribution in [-0.4, -0.2) is 30.7 Å². The number of nitrogens with two attached hydrogens (primary N) is 1. The summed E-state index contributed by atoms with van der Waals surface area (Å²) in [5.41, 5.74) is 1.93. The molecule has 0 aliphatic carbocycles. The molecule has 0 saturated carbocycles. The predicted octanol–water partition coefficient (Wildman–Crippen LogP) is 0.909. The fourth-order valence-corrected chi connectivity index (χ4v) is 2.90. The van der Waals surface area contributed by atoms with Crippen LogP contribution in [0.1, 0.15) is 13.8 Å². The van der Waals surface area contributed by atoms with Gasteiger partial charge in [0, 0.05) is 25.2 Å². The Kier molecular flexibility index (Phi) is 4.45. The molecule has 0 atom stereocenters. The number of benzene rings is 1. The van der Waals surface area contributed by atoms with Gasteiger partial charge in [-0.05, 0) is 19.9 Å². The number of nitrogens with zero attached hydrogens (tertiary/aromatic N) is 2. The second-order valence-corrected chi connectivity index (χ2v) is 6.16. The van der Waals surface area contributed by atoms with Crippen LogP contribution in [-0.2, 0) is 10.0 Å².